The van der Waals surface area contributed by atoms with E-state index in [-0.39, 0.29) is 17.2 Å². The molecule has 104 valence electrons. The molecule has 19 heavy (non-hydrogen) atoms. The summed E-state index contributed by atoms with van der Waals surface area (Å²) in [5, 5.41) is 3.40. The minimum absolute atomic E-state index is 0.132. The monoisotopic (exact) mass is 324 g/mol. The van der Waals surface area contributed by atoms with E-state index < -0.39 is 5.54 Å². The van der Waals surface area contributed by atoms with Crippen LogP contribution >= 0.6 is 15.9 Å². The second kappa shape index (κ2) is 4.82. The van der Waals surface area contributed by atoms with E-state index in [9.17, 15) is 4.79 Å². The van der Waals surface area contributed by atoms with Gasteiger partial charge in [0.05, 0.1) is 0 Å². The lowest BCUT2D eigenvalue weighted by Gasteiger charge is -2.33. The van der Waals surface area contributed by atoms with Gasteiger partial charge in [0.1, 0.15) is 5.54 Å². The van der Waals surface area contributed by atoms with Crippen molar-refractivity contribution in [1.29, 1.82) is 0 Å². The third kappa shape index (κ3) is 2.78. The Morgan fingerprint density at radius 2 is 2.16 bits per heavy atom. The van der Waals surface area contributed by atoms with Gasteiger partial charge in [0.15, 0.2) is 0 Å². The average molecular weight is 325 g/mol. The van der Waals surface area contributed by atoms with Gasteiger partial charge in [-0.2, -0.15) is 0 Å². The van der Waals surface area contributed by atoms with Crippen LogP contribution in [-0.2, 0) is 4.79 Å². The molecule has 4 heteroatoms. The molecule has 2 atom stereocenters. The van der Waals surface area contributed by atoms with Crippen molar-refractivity contribution in [2.45, 2.75) is 39.2 Å². The number of anilines is 1. The summed E-state index contributed by atoms with van der Waals surface area (Å²) in [6.07, 6.45) is 1.76. The number of amides is 1. The van der Waals surface area contributed by atoms with Crippen LogP contribution in [0.1, 0.15) is 33.6 Å². The second-order valence-electron chi connectivity index (χ2n) is 6.42. The van der Waals surface area contributed by atoms with Crippen LogP contribution in [0.25, 0.3) is 0 Å². The number of nitrogens with one attached hydrogen (secondary N) is 1. The van der Waals surface area contributed by atoms with Gasteiger partial charge in [-0.1, -0.05) is 42.8 Å². The van der Waals surface area contributed by atoms with Crippen molar-refractivity contribution in [3.63, 3.8) is 0 Å². The van der Waals surface area contributed by atoms with Crippen LogP contribution in [0.3, 0.4) is 0 Å². The topological polar surface area (TPSA) is 55.1 Å². The van der Waals surface area contributed by atoms with Gasteiger partial charge in [0, 0.05) is 10.2 Å². The lowest BCUT2D eigenvalue weighted by Crippen LogP contribution is -2.52. The molecule has 0 aliphatic heterocycles. The molecule has 0 radical (unpaired) electrons. The summed E-state index contributed by atoms with van der Waals surface area (Å²) >= 11 is 3.45. The molecule has 0 saturated heterocycles. The van der Waals surface area contributed by atoms with Gasteiger partial charge < -0.3 is 11.1 Å². The summed E-state index contributed by atoms with van der Waals surface area (Å²) in [4.78, 5) is 12.1. The molecule has 1 fully saturated rings. The molecule has 3 N–H and O–H groups in total. The number of benzene rings is 1. The number of hydrogen-bond donors (Lipinski definition) is 2. The number of carbonyl (C=O) groups excluding carboxylic acids is 1. The molecule has 0 bridgehead atoms. The Morgan fingerprint density at radius 1 is 1.47 bits per heavy atom. The molecule has 2 rings (SSSR count). The minimum Gasteiger partial charge on any atom is -0.371 e. The first-order chi connectivity index (χ1) is 8.75. The van der Waals surface area contributed by atoms with Crippen molar-refractivity contribution >= 4 is 27.5 Å². The maximum Gasteiger partial charge on any atom is 0.243 e. The zero-order valence-corrected chi connectivity index (χ0v) is 13.3. The highest BCUT2D eigenvalue weighted by molar-refractivity contribution is 9.10. The number of nitrogens with two attached hydrogens (primary N) is 1. The van der Waals surface area contributed by atoms with Crippen molar-refractivity contribution < 1.29 is 4.79 Å². The fourth-order valence-corrected chi connectivity index (χ4v) is 3.79. The number of primary amides is 1. The smallest absolute Gasteiger partial charge is 0.243 e. The highest BCUT2D eigenvalue weighted by atomic mass is 79.9. The van der Waals surface area contributed by atoms with Crippen LogP contribution in [0.2, 0.25) is 0 Å². The van der Waals surface area contributed by atoms with E-state index in [1.165, 1.54) is 0 Å². The van der Waals surface area contributed by atoms with Crippen LogP contribution in [0.15, 0.2) is 28.7 Å². The first-order valence-electron chi connectivity index (χ1n) is 6.59. The minimum atomic E-state index is -0.649. The average Bonchev–Trinajstić information content (AvgIpc) is 2.49. The van der Waals surface area contributed by atoms with Crippen molar-refractivity contribution in [3.8, 4) is 0 Å². The highest BCUT2D eigenvalue weighted by Gasteiger charge is 2.52. The molecular formula is C15H21BrN2O. The second-order valence-corrected chi connectivity index (χ2v) is 7.33. The Labute approximate surface area is 123 Å². The SMILES string of the molecule is CC1CC(C)(C)CC1(Nc1cccc(Br)c1)C(N)=O. The van der Waals surface area contributed by atoms with Crippen LogP contribution < -0.4 is 11.1 Å². The fourth-order valence-electron chi connectivity index (χ4n) is 3.39. The molecule has 1 aromatic rings. The van der Waals surface area contributed by atoms with E-state index in [4.69, 9.17) is 5.73 Å². The summed E-state index contributed by atoms with van der Waals surface area (Å²) in [6.45, 7) is 6.48. The van der Waals surface area contributed by atoms with Crippen molar-refractivity contribution in [2.24, 2.45) is 17.1 Å². The zero-order chi connectivity index (χ0) is 14.3. The predicted octanol–water partition coefficient (Wildman–Crippen LogP) is 3.54. The number of rotatable bonds is 3. The summed E-state index contributed by atoms with van der Waals surface area (Å²) in [5.74, 6) is -0.0375. The van der Waals surface area contributed by atoms with Crippen LogP contribution in [0.4, 0.5) is 5.69 Å². The third-order valence-corrected chi connectivity index (χ3v) is 4.58. The Hall–Kier alpha value is -1.03. The van der Waals surface area contributed by atoms with E-state index in [2.05, 4.69) is 42.0 Å². The first-order valence-corrected chi connectivity index (χ1v) is 7.38. The van der Waals surface area contributed by atoms with Crippen molar-refractivity contribution in [3.05, 3.63) is 28.7 Å². The highest BCUT2D eigenvalue weighted by Crippen LogP contribution is 2.48. The molecule has 1 saturated carbocycles. The first kappa shape index (κ1) is 14.4. The predicted molar refractivity (Wildman–Crippen MR) is 81.9 cm³/mol. The lowest BCUT2D eigenvalue weighted by atomic mass is 9.85. The Kier molecular flexibility index (Phi) is 3.65. The third-order valence-electron chi connectivity index (χ3n) is 4.09. The van der Waals surface area contributed by atoms with E-state index in [1.807, 2.05) is 24.3 Å². The van der Waals surface area contributed by atoms with E-state index >= 15 is 0 Å². The van der Waals surface area contributed by atoms with E-state index in [1.54, 1.807) is 0 Å². The van der Waals surface area contributed by atoms with Gasteiger partial charge in [-0.25, -0.2) is 0 Å². The van der Waals surface area contributed by atoms with Crippen LogP contribution in [-0.4, -0.2) is 11.4 Å². The van der Waals surface area contributed by atoms with Gasteiger partial charge in [-0.05, 0) is 42.4 Å². The molecular weight excluding hydrogens is 304 g/mol. The maximum atomic E-state index is 12.1. The van der Waals surface area contributed by atoms with Gasteiger partial charge in [-0.3, -0.25) is 4.79 Å². The van der Waals surface area contributed by atoms with E-state index in [0.717, 1.165) is 23.0 Å². The molecule has 1 aliphatic rings. The van der Waals surface area contributed by atoms with Gasteiger partial charge in [-0.15, -0.1) is 0 Å². The van der Waals surface area contributed by atoms with Crippen molar-refractivity contribution in [1.82, 2.24) is 0 Å². The molecule has 1 aromatic carbocycles. The van der Waals surface area contributed by atoms with Crippen molar-refractivity contribution in [2.75, 3.05) is 5.32 Å². The summed E-state index contributed by atoms with van der Waals surface area (Å²) in [7, 11) is 0. The van der Waals surface area contributed by atoms with Gasteiger partial charge in [0.2, 0.25) is 5.91 Å². The quantitative estimate of drug-likeness (QED) is 0.893. The molecule has 1 aliphatic carbocycles. The molecule has 0 aromatic heterocycles. The number of carbonyl (C=O) groups is 1. The Balaban J connectivity index is 2.34. The lowest BCUT2D eigenvalue weighted by molar-refractivity contribution is -0.123. The Morgan fingerprint density at radius 3 is 2.63 bits per heavy atom. The summed E-state index contributed by atoms with van der Waals surface area (Å²) in [5.41, 5.74) is 6.13. The Bertz CT molecular complexity index is 501. The number of halogens is 1. The van der Waals surface area contributed by atoms with Gasteiger partial charge in [0.25, 0.3) is 0 Å². The fraction of sp³-hybridized carbons (Fsp3) is 0.533. The molecule has 2 unspecified atom stereocenters. The number of hydrogen-bond acceptors (Lipinski definition) is 2. The van der Waals surface area contributed by atoms with Gasteiger partial charge >= 0.3 is 0 Å². The largest absolute Gasteiger partial charge is 0.371 e. The molecule has 1 amide bonds. The normalized spacial score (nSPS) is 29.2. The zero-order valence-electron chi connectivity index (χ0n) is 11.7. The van der Waals surface area contributed by atoms with E-state index in [0.29, 0.717) is 0 Å². The summed E-state index contributed by atoms with van der Waals surface area (Å²) < 4.78 is 0.988. The molecule has 0 heterocycles. The molecule has 3 nitrogen and oxygen atoms in total. The standard InChI is InChI=1S/C15H21BrN2O/c1-10-8-14(2,3)9-15(10,13(17)19)18-12-6-4-5-11(16)7-12/h4-7,10,18H,8-9H2,1-3H3,(H2,17,19). The van der Waals surface area contributed by atoms with Crippen LogP contribution in [0.5, 0.6) is 0 Å². The summed E-state index contributed by atoms with van der Waals surface area (Å²) in [6, 6.07) is 7.85. The molecule has 0 spiro atoms. The van der Waals surface area contributed by atoms with Crippen LogP contribution in [0, 0.1) is 11.3 Å². The maximum absolute atomic E-state index is 12.1.